The molecule has 1 amide bonds. The van der Waals surface area contributed by atoms with Gasteiger partial charge in [0.25, 0.3) is 0 Å². The molecule has 1 aliphatic rings. The van der Waals surface area contributed by atoms with Crippen LogP contribution >= 0.6 is 0 Å². The quantitative estimate of drug-likeness (QED) is 0.736. The molecule has 0 spiro atoms. The van der Waals surface area contributed by atoms with Gasteiger partial charge in [0.2, 0.25) is 5.91 Å². The second-order valence-corrected chi connectivity index (χ2v) is 7.01. The van der Waals surface area contributed by atoms with Crippen LogP contribution < -0.4 is 5.32 Å². The molecule has 28 heavy (non-hydrogen) atoms. The lowest BCUT2D eigenvalue weighted by Gasteiger charge is -2.24. The summed E-state index contributed by atoms with van der Waals surface area (Å²) in [6.07, 6.45) is 7.56. The number of hydrogen-bond acceptors (Lipinski definition) is 5. The summed E-state index contributed by atoms with van der Waals surface area (Å²) < 4.78 is 0. The summed E-state index contributed by atoms with van der Waals surface area (Å²) in [6.45, 7) is 2.78. The number of aromatic nitrogens is 3. The number of nitrogens with zero attached hydrogens (tertiary/aromatic N) is 4. The maximum Gasteiger partial charge on any atom is 0.229 e. The predicted octanol–water partition coefficient (Wildman–Crippen LogP) is 3.83. The van der Waals surface area contributed by atoms with Crippen molar-refractivity contribution in [2.45, 2.75) is 32.2 Å². The second-order valence-electron chi connectivity index (χ2n) is 7.01. The van der Waals surface area contributed by atoms with Crippen LogP contribution in [0, 0.1) is 6.92 Å². The first-order valence-electron chi connectivity index (χ1n) is 9.54. The van der Waals surface area contributed by atoms with Crippen molar-refractivity contribution in [3.05, 3.63) is 78.0 Å². The van der Waals surface area contributed by atoms with Crippen molar-refractivity contribution in [1.82, 2.24) is 19.9 Å². The predicted molar refractivity (Wildman–Crippen MR) is 108 cm³/mol. The number of rotatable bonds is 5. The smallest absolute Gasteiger partial charge is 0.229 e. The van der Waals surface area contributed by atoms with E-state index in [0.717, 1.165) is 47.8 Å². The van der Waals surface area contributed by atoms with Gasteiger partial charge in [-0.25, -0.2) is 4.98 Å². The number of aryl methyl sites for hydroxylation is 1. The van der Waals surface area contributed by atoms with Gasteiger partial charge < -0.3 is 10.2 Å². The molecule has 1 fully saturated rings. The van der Waals surface area contributed by atoms with E-state index in [2.05, 4.69) is 20.3 Å². The molecule has 1 saturated heterocycles. The van der Waals surface area contributed by atoms with Crippen molar-refractivity contribution < 1.29 is 4.79 Å². The van der Waals surface area contributed by atoms with Gasteiger partial charge in [-0.1, -0.05) is 12.1 Å². The summed E-state index contributed by atoms with van der Waals surface area (Å²) in [4.78, 5) is 28.0. The minimum absolute atomic E-state index is 0.0295. The summed E-state index contributed by atoms with van der Waals surface area (Å²) in [5, 5.41) is 3.29. The molecular formula is C22H23N5O. The van der Waals surface area contributed by atoms with E-state index in [1.807, 2.05) is 60.5 Å². The SMILES string of the molecule is Cc1cccnc1Nc1ccc([C@H]2CCCN2C(=O)Cc2ccccn2)nc1. The number of carbonyl (C=O) groups excluding carboxylic acids is 1. The molecule has 1 atom stereocenters. The fourth-order valence-electron chi connectivity index (χ4n) is 3.56. The van der Waals surface area contributed by atoms with E-state index in [4.69, 9.17) is 0 Å². The zero-order valence-electron chi connectivity index (χ0n) is 15.9. The zero-order valence-corrected chi connectivity index (χ0v) is 15.9. The summed E-state index contributed by atoms with van der Waals surface area (Å²) in [6, 6.07) is 13.6. The van der Waals surface area contributed by atoms with Gasteiger partial charge in [-0.2, -0.15) is 0 Å². The van der Waals surface area contributed by atoms with Gasteiger partial charge in [0.05, 0.1) is 30.0 Å². The van der Waals surface area contributed by atoms with Crippen LogP contribution in [0.3, 0.4) is 0 Å². The lowest BCUT2D eigenvalue weighted by atomic mass is 10.1. The van der Waals surface area contributed by atoms with Crippen LogP contribution in [-0.2, 0) is 11.2 Å². The summed E-state index contributed by atoms with van der Waals surface area (Å²) >= 11 is 0. The largest absolute Gasteiger partial charge is 0.339 e. The van der Waals surface area contributed by atoms with E-state index in [9.17, 15) is 4.79 Å². The minimum atomic E-state index is 0.0295. The molecule has 0 bridgehead atoms. The number of carbonyl (C=O) groups is 1. The van der Waals surface area contributed by atoms with Crippen LogP contribution in [-0.4, -0.2) is 32.3 Å². The van der Waals surface area contributed by atoms with Crippen molar-refractivity contribution >= 4 is 17.4 Å². The lowest BCUT2D eigenvalue weighted by Crippen LogP contribution is -2.32. The molecule has 0 radical (unpaired) electrons. The first-order valence-corrected chi connectivity index (χ1v) is 9.54. The zero-order chi connectivity index (χ0) is 19.3. The fraction of sp³-hybridized carbons (Fsp3) is 0.273. The van der Waals surface area contributed by atoms with E-state index in [-0.39, 0.29) is 11.9 Å². The molecule has 142 valence electrons. The Hall–Kier alpha value is -3.28. The van der Waals surface area contributed by atoms with Crippen molar-refractivity contribution in [2.24, 2.45) is 0 Å². The van der Waals surface area contributed by atoms with Crippen molar-refractivity contribution in [1.29, 1.82) is 0 Å². The molecule has 3 aromatic heterocycles. The molecule has 6 nitrogen and oxygen atoms in total. The Bertz CT molecular complexity index is 943. The number of nitrogens with one attached hydrogen (secondary N) is 1. The number of likely N-dealkylation sites (tertiary alicyclic amines) is 1. The highest BCUT2D eigenvalue weighted by Gasteiger charge is 2.30. The van der Waals surface area contributed by atoms with Gasteiger partial charge in [-0.15, -0.1) is 0 Å². The summed E-state index contributed by atoms with van der Waals surface area (Å²) in [7, 11) is 0. The highest BCUT2D eigenvalue weighted by molar-refractivity contribution is 5.79. The molecule has 3 aromatic rings. The molecule has 0 aromatic carbocycles. The molecule has 4 heterocycles. The Kier molecular flexibility index (Phi) is 5.28. The van der Waals surface area contributed by atoms with Gasteiger partial charge in [0, 0.05) is 24.6 Å². The monoisotopic (exact) mass is 373 g/mol. The Labute approximate surface area is 164 Å². The standard InChI is InChI=1S/C22H23N5O/c1-16-6-4-12-24-22(16)26-18-9-10-19(25-15-18)20-8-5-13-27(20)21(28)14-17-7-2-3-11-23-17/h2-4,6-7,9-12,15,20H,5,8,13-14H2,1H3,(H,24,26)/t20-/m1/s1. The van der Waals surface area contributed by atoms with Crippen molar-refractivity contribution in [2.75, 3.05) is 11.9 Å². The average Bonchev–Trinajstić information content (AvgIpc) is 3.21. The van der Waals surface area contributed by atoms with Gasteiger partial charge in [0.15, 0.2) is 0 Å². The summed E-state index contributed by atoms with van der Waals surface area (Å²) in [5.74, 6) is 0.930. The van der Waals surface area contributed by atoms with E-state index in [1.54, 1.807) is 12.4 Å². The van der Waals surface area contributed by atoms with Gasteiger partial charge in [-0.05, 0) is 55.7 Å². The highest BCUT2D eigenvalue weighted by Crippen LogP contribution is 2.32. The van der Waals surface area contributed by atoms with Crippen LogP contribution in [0.15, 0.2) is 61.1 Å². The number of amides is 1. The van der Waals surface area contributed by atoms with Gasteiger partial charge in [-0.3, -0.25) is 14.8 Å². The molecular weight excluding hydrogens is 350 g/mol. The second kappa shape index (κ2) is 8.17. The molecule has 6 heteroatoms. The number of hydrogen-bond donors (Lipinski definition) is 1. The molecule has 1 N–H and O–H groups in total. The minimum Gasteiger partial charge on any atom is -0.339 e. The number of anilines is 2. The summed E-state index contributed by atoms with van der Waals surface area (Å²) in [5.41, 5.74) is 3.69. The van der Waals surface area contributed by atoms with Crippen LogP contribution in [0.1, 0.15) is 35.8 Å². The van der Waals surface area contributed by atoms with Crippen molar-refractivity contribution in [3.63, 3.8) is 0 Å². The Morgan fingerprint density at radius 1 is 1.11 bits per heavy atom. The van der Waals surface area contributed by atoms with E-state index < -0.39 is 0 Å². The van der Waals surface area contributed by atoms with E-state index in [1.165, 1.54) is 0 Å². The normalized spacial score (nSPS) is 16.2. The van der Waals surface area contributed by atoms with Crippen LogP contribution in [0.5, 0.6) is 0 Å². The van der Waals surface area contributed by atoms with E-state index in [0.29, 0.717) is 6.42 Å². The van der Waals surface area contributed by atoms with E-state index >= 15 is 0 Å². The first-order chi connectivity index (χ1) is 13.7. The van der Waals surface area contributed by atoms with Gasteiger partial charge >= 0.3 is 0 Å². The Morgan fingerprint density at radius 2 is 2.00 bits per heavy atom. The third-order valence-corrected chi connectivity index (χ3v) is 5.03. The Morgan fingerprint density at radius 3 is 2.75 bits per heavy atom. The third kappa shape index (κ3) is 4.01. The first kappa shape index (κ1) is 18.1. The Balaban J connectivity index is 1.45. The maximum atomic E-state index is 12.8. The average molecular weight is 373 g/mol. The third-order valence-electron chi connectivity index (χ3n) is 5.03. The fourth-order valence-corrected chi connectivity index (χ4v) is 3.56. The topological polar surface area (TPSA) is 71.0 Å². The molecule has 4 rings (SSSR count). The molecule has 1 aliphatic heterocycles. The van der Waals surface area contributed by atoms with Gasteiger partial charge in [0.1, 0.15) is 5.82 Å². The van der Waals surface area contributed by atoms with Crippen LogP contribution in [0.2, 0.25) is 0 Å². The lowest BCUT2D eigenvalue weighted by molar-refractivity contribution is -0.131. The van der Waals surface area contributed by atoms with Crippen LogP contribution in [0.25, 0.3) is 0 Å². The highest BCUT2D eigenvalue weighted by atomic mass is 16.2. The maximum absolute atomic E-state index is 12.8. The van der Waals surface area contributed by atoms with Crippen molar-refractivity contribution in [3.8, 4) is 0 Å². The molecule has 0 unspecified atom stereocenters. The molecule has 0 saturated carbocycles. The molecule has 0 aliphatic carbocycles. The van der Waals surface area contributed by atoms with Crippen LogP contribution in [0.4, 0.5) is 11.5 Å². The number of pyridine rings is 3.